The molecule has 65 heavy (non-hydrogen) atoms. The maximum absolute atomic E-state index is 13.6. The number of nitrogens with zero attached hydrogens (tertiary/aromatic N) is 1. The van der Waals surface area contributed by atoms with Gasteiger partial charge in [0.1, 0.15) is 12.1 Å². The van der Waals surface area contributed by atoms with Crippen LogP contribution in [0.1, 0.15) is 37.3 Å². The quantitative estimate of drug-likeness (QED) is 0.102. The van der Waals surface area contributed by atoms with Gasteiger partial charge in [-0.1, -0.05) is 91.9 Å². The summed E-state index contributed by atoms with van der Waals surface area (Å²) in [6, 6.07) is 12.0. The first kappa shape index (κ1) is 49.3. The van der Waals surface area contributed by atoms with Gasteiger partial charge in [0.2, 0.25) is 35.4 Å². The van der Waals surface area contributed by atoms with Crippen LogP contribution in [-0.4, -0.2) is 152 Å². The predicted octanol–water partition coefficient (Wildman–Crippen LogP) is -2.24. The number of rotatable bonds is 9. The van der Waals surface area contributed by atoms with Gasteiger partial charge in [-0.3, -0.25) is 33.6 Å². The molecular formula is C45H56N8O12. The number of aromatic amines is 1. The Bertz CT molecular complexity index is 2280. The van der Waals surface area contributed by atoms with Crippen molar-refractivity contribution in [2.24, 2.45) is 5.92 Å². The maximum atomic E-state index is 13.6. The normalized spacial score (nSPS) is 26.5. The number of aromatic nitrogens is 1. The summed E-state index contributed by atoms with van der Waals surface area (Å²) in [5, 5.41) is 71.1. The molecule has 20 nitrogen and oxygen atoms in total. The van der Waals surface area contributed by atoms with E-state index < -0.39 is 134 Å². The molecule has 3 heterocycles. The van der Waals surface area contributed by atoms with Gasteiger partial charge in [0.05, 0.1) is 56.6 Å². The first-order chi connectivity index (χ1) is 30.9. The first-order valence-corrected chi connectivity index (χ1v) is 21.0. The molecule has 0 radical (unpaired) electrons. The molecule has 2 fully saturated rings. The molecule has 3 aromatic rings. The molecule has 2 aromatic carbocycles. The van der Waals surface area contributed by atoms with Crippen molar-refractivity contribution in [1.82, 2.24) is 41.8 Å². The largest absolute Gasteiger partial charge is 0.391 e. The number of β-amino-alcohol motifs (C(OH)–C–C–N with tert-alkyl or cyclic N) is 1. The number of benzene rings is 2. The van der Waals surface area contributed by atoms with E-state index in [4.69, 9.17) is 0 Å². The van der Waals surface area contributed by atoms with Gasteiger partial charge >= 0.3 is 0 Å². The Morgan fingerprint density at radius 3 is 2.26 bits per heavy atom. The molecule has 20 heteroatoms. The smallest absolute Gasteiger partial charge is 0.251 e. The SMILES string of the molecule is C[C@H](/C=C/C=C/C=C/c1ccccc1)[C@H](O)[C@@H](O)[C@H]1NC(=O)C[C@@H](O)CNC(=O)CNC(=O)[C@@H](Cc2c[nH]c3ccccc23)NC(=O)CN(C)C(=O)C[C@]2(O)NC(=O)C[C@H]2NC(=O)[C@H]1O. The average Bonchev–Trinajstić information content (AvgIpc) is 3.81. The Labute approximate surface area is 374 Å². The van der Waals surface area contributed by atoms with Crippen LogP contribution in [0.3, 0.4) is 0 Å². The van der Waals surface area contributed by atoms with E-state index in [-0.39, 0.29) is 6.42 Å². The number of hydrogen-bond acceptors (Lipinski definition) is 12. The molecule has 0 aliphatic carbocycles. The highest BCUT2D eigenvalue weighted by Gasteiger charge is 2.49. The van der Waals surface area contributed by atoms with E-state index in [9.17, 15) is 59.1 Å². The lowest BCUT2D eigenvalue weighted by atomic mass is 9.91. The summed E-state index contributed by atoms with van der Waals surface area (Å²) in [6.07, 6.45) is 1.91. The Morgan fingerprint density at radius 1 is 0.800 bits per heavy atom. The summed E-state index contributed by atoms with van der Waals surface area (Å²) in [6.45, 7) is -0.224. The van der Waals surface area contributed by atoms with E-state index >= 15 is 0 Å². The second-order valence-corrected chi connectivity index (χ2v) is 16.1. The standard InChI is InChI=1S/C45H56N8O12/c1-26(12-6-3-4-7-13-27-14-8-5-9-15-27)40(60)41(61)39-42(62)44(64)50-33-20-35(56)52-45(33,65)21-38(59)53(2)25-37(58)49-32(18-28-22-46-31-17-11-10-16-30(28)31)43(63)48-24-36(57)47-23-29(54)19-34(55)51-39/h3-17,22,26,29,32-33,39-42,46,54,60-62,65H,18-21,23-25H2,1-2H3,(H,47,57)(H,48,63)(H,49,58)(H,50,64)(H,51,55)(H,52,56)/b4-3+,12-6+,13-7+/t26-,29-,32-,33-,39-,40+,41+,42+,45-/m1/s1. The number of likely N-dealkylation sites (N-methyl/N-ethyl adjacent to an activating group) is 1. The third-order valence-corrected chi connectivity index (χ3v) is 11.0. The lowest BCUT2D eigenvalue weighted by molar-refractivity contribution is -0.145. The number of para-hydroxylation sites is 1. The summed E-state index contributed by atoms with van der Waals surface area (Å²) in [5.74, 6) is -7.22. The second-order valence-electron chi connectivity index (χ2n) is 16.1. The minimum Gasteiger partial charge on any atom is -0.391 e. The first-order valence-electron chi connectivity index (χ1n) is 21.0. The van der Waals surface area contributed by atoms with Crippen LogP contribution >= 0.6 is 0 Å². The number of aliphatic hydroxyl groups is 5. The van der Waals surface area contributed by atoms with Crippen molar-refractivity contribution in [2.75, 3.05) is 26.7 Å². The monoisotopic (exact) mass is 900 g/mol. The molecule has 0 spiro atoms. The number of aliphatic hydroxyl groups excluding tert-OH is 4. The molecule has 7 amide bonds. The number of allylic oxidation sites excluding steroid dienone is 4. The third kappa shape index (κ3) is 13.9. The Morgan fingerprint density at radius 2 is 1.51 bits per heavy atom. The zero-order valence-corrected chi connectivity index (χ0v) is 35.8. The van der Waals surface area contributed by atoms with Gasteiger partial charge in [0.25, 0.3) is 5.91 Å². The molecule has 0 saturated carbocycles. The van der Waals surface area contributed by atoms with Gasteiger partial charge in [-0.15, -0.1) is 0 Å². The Hall–Kier alpha value is -6.71. The minimum atomic E-state index is -2.45. The van der Waals surface area contributed by atoms with E-state index in [2.05, 4.69) is 36.9 Å². The van der Waals surface area contributed by atoms with Gasteiger partial charge in [-0.25, -0.2) is 0 Å². The zero-order chi connectivity index (χ0) is 47.3. The molecule has 5 rings (SSSR count). The number of H-pyrrole nitrogens is 1. The molecule has 12 N–H and O–H groups in total. The fraction of sp³-hybridized carbons (Fsp3) is 0.400. The second kappa shape index (κ2) is 22.8. The topological polar surface area (TPSA) is 312 Å². The van der Waals surface area contributed by atoms with Crippen molar-refractivity contribution in [1.29, 1.82) is 0 Å². The molecular weight excluding hydrogens is 845 g/mol. The Kier molecular flexibility index (Phi) is 17.3. The zero-order valence-electron chi connectivity index (χ0n) is 35.8. The molecule has 2 saturated heterocycles. The molecule has 0 bridgehead atoms. The van der Waals surface area contributed by atoms with Crippen molar-refractivity contribution in [3.8, 4) is 0 Å². The van der Waals surface area contributed by atoms with Crippen molar-refractivity contribution >= 4 is 58.3 Å². The van der Waals surface area contributed by atoms with Crippen LogP contribution in [-0.2, 0) is 40.0 Å². The van der Waals surface area contributed by atoms with E-state index in [1.807, 2.05) is 54.6 Å². The van der Waals surface area contributed by atoms with Gasteiger partial charge in [0.15, 0.2) is 11.8 Å². The molecule has 0 unspecified atom stereocenters. The highest BCUT2D eigenvalue weighted by Crippen LogP contribution is 2.24. The van der Waals surface area contributed by atoms with E-state index in [0.717, 1.165) is 21.4 Å². The molecule has 1 aromatic heterocycles. The van der Waals surface area contributed by atoms with Gasteiger partial charge in [0, 0.05) is 43.0 Å². The van der Waals surface area contributed by atoms with Crippen LogP contribution in [0.4, 0.5) is 0 Å². The number of carbonyl (C=O) groups is 7. The fourth-order valence-corrected chi connectivity index (χ4v) is 7.33. The van der Waals surface area contributed by atoms with Crippen molar-refractivity contribution < 1.29 is 59.1 Å². The van der Waals surface area contributed by atoms with E-state index in [1.165, 1.54) is 20.0 Å². The van der Waals surface area contributed by atoms with Gasteiger partial charge in [-0.2, -0.15) is 0 Å². The van der Waals surface area contributed by atoms with Crippen LogP contribution in [0.25, 0.3) is 17.0 Å². The van der Waals surface area contributed by atoms with Crippen LogP contribution < -0.4 is 31.9 Å². The Balaban J connectivity index is 1.35. The summed E-state index contributed by atoms with van der Waals surface area (Å²) in [7, 11) is 1.23. The molecule has 348 valence electrons. The number of hydrogen-bond donors (Lipinski definition) is 12. The summed E-state index contributed by atoms with van der Waals surface area (Å²) < 4.78 is 0. The number of nitrogens with one attached hydrogen (secondary N) is 7. The lowest BCUT2D eigenvalue weighted by Gasteiger charge is -2.34. The van der Waals surface area contributed by atoms with Crippen molar-refractivity contribution in [2.45, 2.75) is 80.9 Å². The highest BCUT2D eigenvalue weighted by molar-refractivity contribution is 5.94. The minimum absolute atomic E-state index is 0.0409. The molecule has 2 aliphatic heterocycles. The number of fused-ring (bicyclic) bond motifs is 2. The highest BCUT2D eigenvalue weighted by atomic mass is 16.3. The molecule has 9 atom stereocenters. The summed E-state index contributed by atoms with van der Waals surface area (Å²) in [4.78, 5) is 96.6. The average molecular weight is 901 g/mol. The number of carbonyl (C=O) groups excluding carboxylic acids is 7. The van der Waals surface area contributed by atoms with Crippen LogP contribution in [0.5, 0.6) is 0 Å². The number of amides is 7. The van der Waals surface area contributed by atoms with Crippen molar-refractivity contribution in [3.05, 3.63) is 102 Å². The lowest BCUT2D eigenvalue weighted by Crippen LogP contribution is -2.63. The van der Waals surface area contributed by atoms with Crippen LogP contribution in [0.15, 0.2) is 91.2 Å². The maximum Gasteiger partial charge on any atom is 0.251 e. The van der Waals surface area contributed by atoms with Gasteiger partial charge in [-0.05, 0) is 17.2 Å². The van der Waals surface area contributed by atoms with Crippen LogP contribution in [0.2, 0.25) is 0 Å². The van der Waals surface area contributed by atoms with Gasteiger partial charge < -0.3 is 67.3 Å². The molecule has 2 aliphatic rings. The van der Waals surface area contributed by atoms with E-state index in [0.29, 0.717) is 5.56 Å². The van der Waals surface area contributed by atoms with Crippen molar-refractivity contribution in [3.63, 3.8) is 0 Å². The van der Waals surface area contributed by atoms with E-state index in [1.54, 1.807) is 36.6 Å². The summed E-state index contributed by atoms with van der Waals surface area (Å²) in [5.41, 5.74) is -0.0654. The fourth-order valence-electron chi connectivity index (χ4n) is 7.33. The van der Waals surface area contributed by atoms with Crippen LogP contribution in [0, 0.1) is 5.92 Å². The summed E-state index contributed by atoms with van der Waals surface area (Å²) >= 11 is 0. The third-order valence-electron chi connectivity index (χ3n) is 11.0. The predicted molar refractivity (Wildman–Crippen MR) is 235 cm³/mol.